The Morgan fingerprint density at radius 2 is 1.82 bits per heavy atom. The van der Waals surface area contributed by atoms with Gasteiger partial charge in [-0.3, -0.25) is 9.59 Å². The van der Waals surface area contributed by atoms with E-state index in [1.54, 1.807) is 23.9 Å². The van der Waals surface area contributed by atoms with Crippen LogP contribution in [0.3, 0.4) is 0 Å². The topological polar surface area (TPSA) is 95.9 Å². The highest BCUT2D eigenvalue weighted by molar-refractivity contribution is 8.07. The summed E-state index contributed by atoms with van der Waals surface area (Å²) in [5.74, 6) is -0.757. The number of ether oxygens (including phenoxy) is 1. The van der Waals surface area contributed by atoms with Crippen LogP contribution in [0.2, 0.25) is 0 Å². The van der Waals surface area contributed by atoms with Crippen molar-refractivity contribution in [3.63, 3.8) is 0 Å². The van der Waals surface area contributed by atoms with Crippen molar-refractivity contribution >= 4 is 23.6 Å². The van der Waals surface area contributed by atoms with E-state index in [2.05, 4.69) is 44.0 Å². The molecule has 6 nitrogen and oxygen atoms in total. The van der Waals surface area contributed by atoms with Crippen molar-refractivity contribution in [3.8, 4) is 5.75 Å². The van der Waals surface area contributed by atoms with E-state index >= 15 is 0 Å². The number of benzene rings is 1. The normalized spacial score (nSPS) is 19.1. The molecule has 1 aliphatic heterocycles. The summed E-state index contributed by atoms with van der Waals surface area (Å²) in [5.41, 5.74) is 1.49. The number of carboxylic acid groups (broad SMARTS) is 1. The number of rotatable bonds is 12. The van der Waals surface area contributed by atoms with Gasteiger partial charge in [0.15, 0.2) is 0 Å². The quantitative estimate of drug-likeness (QED) is 0.276. The van der Waals surface area contributed by atoms with E-state index in [-0.39, 0.29) is 12.0 Å². The Hall–Kier alpha value is -2.77. The van der Waals surface area contributed by atoms with Gasteiger partial charge in [-0.2, -0.15) is 0 Å². The summed E-state index contributed by atoms with van der Waals surface area (Å²) >= 11 is 1.55. The van der Waals surface area contributed by atoms with Gasteiger partial charge < -0.3 is 20.3 Å². The second-order valence-corrected chi connectivity index (χ2v) is 11.1. The van der Waals surface area contributed by atoms with E-state index in [1.165, 1.54) is 12.5 Å². The van der Waals surface area contributed by atoms with E-state index in [0.29, 0.717) is 29.7 Å². The first-order valence-electron chi connectivity index (χ1n) is 13.4. The van der Waals surface area contributed by atoms with Crippen LogP contribution in [0.25, 0.3) is 0 Å². The Balaban J connectivity index is 2.35. The summed E-state index contributed by atoms with van der Waals surface area (Å²) in [5, 5.41) is 22.3. The summed E-state index contributed by atoms with van der Waals surface area (Å²) in [7, 11) is 0. The Morgan fingerprint density at radius 3 is 2.37 bits per heavy atom. The molecule has 2 rings (SSSR count). The maximum absolute atomic E-state index is 12.7. The van der Waals surface area contributed by atoms with Gasteiger partial charge in [-0.05, 0) is 74.1 Å². The number of carboxylic acids is 1. The number of allylic oxidation sites excluding steroid dienone is 4. The number of nitrogens with one attached hydrogen (secondary N) is 1. The zero-order valence-corrected chi connectivity index (χ0v) is 24.4. The number of thioether (sulfide) groups is 1. The Bertz CT molecular complexity index is 1110. The van der Waals surface area contributed by atoms with Crippen molar-refractivity contribution in [1.29, 1.82) is 0 Å². The molecule has 1 amide bonds. The molecule has 1 atom stereocenters. The molecule has 208 valence electrons. The fourth-order valence-electron chi connectivity index (χ4n) is 4.50. The van der Waals surface area contributed by atoms with Crippen LogP contribution in [0.4, 0.5) is 0 Å². The van der Waals surface area contributed by atoms with Crippen LogP contribution in [-0.4, -0.2) is 40.3 Å². The first-order chi connectivity index (χ1) is 17.9. The molecule has 0 radical (unpaired) electrons. The van der Waals surface area contributed by atoms with Crippen LogP contribution in [0, 0.1) is 6.92 Å². The molecule has 1 aliphatic rings. The van der Waals surface area contributed by atoms with Crippen LogP contribution in [0.1, 0.15) is 77.8 Å². The Morgan fingerprint density at radius 1 is 1.16 bits per heavy atom. The maximum atomic E-state index is 12.7. The number of carbonyl (C=O) groups is 2. The van der Waals surface area contributed by atoms with Crippen molar-refractivity contribution in [1.82, 2.24) is 5.32 Å². The predicted molar refractivity (Wildman–Crippen MR) is 156 cm³/mol. The molecule has 3 N–H and O–H groups in total. The highest BCUT2D eigenvalue weighted by atomic mass is 32.2. The third-order valence-electron chi connectivity index (χ3n) is 7.49. The number of hydrogen-bond acceptors (Lipinski definition) is 5. The lowest BCUT2D eigenvalue weighted by Crippen LogP contribution is -2.38. The van der Waals surface area contributed by atoms with Crippen LogP contribution in [0.5, 0.6) is 5.75 Å². The fourth-order valence-corrected chi connectivity index (χ4v) is 5.75. The molecule has 0 saturated heterocycles. The minimum Gasteiger partial charge on any atom is -0.490 e. The Kier molecular flexibility index (Phi) is 11.5. The zero-order valence-electron chi connectivity index (χ0n) is 23.6. The molecule has 1 heterocycles. The summed E-state index contributed by atoms with van der Waals surface area (Å²) in [4.78, 5) is 25.7. The summed E-state index contributed by atoms with van der Waals surface area (Å²) in [6.07, 6.45) is 11.2. The van der Waals surface area contributed by atoms with Crippen molar-refractivity contribution in [2.45, 2.75) is 90.7 Å². The van der Waals surface area contributed by atoms with Gasteiger partial charge in [0.1, 0.15) is 18.4 Å². The van der Waals surface area contributed by atoms with Gasteiger partial charge in [-0.25, -0.2) is 0 Å². The molecule has 0 saturated carbocycles. The maximum Gasteiger partial charge on any atom is 0.325 e. The molecule has 1 aromatic rings. The van der Waals surface area contributed by atoms with E-state index in [1.807, 2.05) is 32.9 Å². The monoisotopic (exact) mass is 541 g/mol. The Labute approximate surface area is 231 Å². The molecule has 0 aliphatic carbocycles. The number of aryl methyl sites for hydroxylation is 1. The molecule has 7 heteroatoms. The zero-order chi connectivity index (χ0) is 28.5. The lowest BCUT2D eigenvalue weighted by atomic mass is 9.74. The second kappa shape index (κ2) is 13.9. The van der Waals surface area contributed by atoms with E-state index < -0.39 is 23.5 Å². The van der Waals surface area contributed by atoms with Gasteiger partial charge in [0.2, 0.25) is 0 Å². The molecule has 38 heavy (non-hydrogen) atoms. The van der Waals surface area contributed by atoms with E-state index in [0.717, 1.165) is 29.1 Å². The molecular weight excluding hydrogens is 498 g/mol. The third kappa shape index (κ3) is 7.64. The smallest absolute Gasteiger partial charge is 0.325 e. The lowest BCUT2D eigenvalue weighted by Gasteiger charge is -2.36. The summed E-state index contributed by atoms with van der Waals surface area (Å²) in [6, 6.07) is 5.30. The average Bonchev–Trinajstić information content (AvgIpc) is 2.99. The fraction of sp³-hybridized carbons (Fsp3) is 0.484. The molecule has 0 aromatic heterocycles. The number of aliphatic hydroxyl groups is 1. The molecule has 1 unspecified atom stereocenters. The van der Waals surface area contributed by atoms with Crippen LogP contribution in [-0.2, 0) is 15.0 Å². The average molecular weight is 542 g/mol. The molecule has 0 fully saturated rings. The van der Waals surface area contributed by atoms with Crippen molar-refractivity contribution in [2.24, 2.45) is 0 Å². The largest absolute Gasteiger partial charge is 0.490 e. The summed E-state index contributed by atoms with van der Waals surface area (Å²) < 4.78 is 6.04. The van der Waals surface area contributed by atoms with E-state index in [4.69, 9.17) is 9.84 Å². The SMILES string of the molecule is C=C1/C=C(C(=O)NC(C)C(=O)O)\C=C/C/C=C(/C(CC)(CC)c2ccc(OCC(O)(CC)CC)c(C)c2)S1. The van der Waals surface area contributed by atoms with Crippen molar-refractivity contribution < 1.29 is 24.5 Å². The van der Waals surface area contributed by atoms with E-state index in [9.17, 15) is 14.7 Å². The minimum absolute atomic E-state index is 0.253. The predicted octanol–water partition coefficient (Wildman–Crippen LogP) is 6.59. The van der Waals surface area contributed by atoms with Crippen LogP contribution >= 0.6 is 11.8 Å². The van der Waals surface area contributed by atoms with Crippen LogP contribution < -0.4 is 10.1 Å². The molecule has 0 bridgehead atoms. The van der Waals surface area contributed by atoms with Gasteiger partial charge in [0, 0.05) is 15.9 Å². The first kappa shape index (κ1) is 31.4. The number of aliphatic carboxylic acids is 1. The minimum atomic E-state index is -1.09. The third-order valence-corrected chi connectivity index (χ3v) is 8.65. The standard InChI is InChI=1S/C31H43NO5S/c1-8-30(36,9-2)20-37-26-17-16-25(18-21(26)5)31(10-3,11-4)27-15-13-12-14-24(19-22(6)38-27)28(33)32-23(7)29(34)35/h12,14-19,23,36H,6,8-11,13,20H2,1-5,7H3,(H,32,33)(H,34,35)/b14-12-,24-19+,27-15-. The van der Waals surface area contributed by atoms with Gasteiger partial charge >= 0.3 is 5.97 Å². The lowest BCUT2D eigenvalue weighted by molar-refractivity contribution is -0.140. The number of hydrogen-bond donors (Lipinski definition) is 3. The highest BCUT2D eigenvalue weighted by Gasteiger charge is 2.34. The van der Waals surface area contributed by atoms with Crippen LogP contribution in [0.15, 0.2) is 64.5 Å². The molecule has 1 aromatic carbocycles. The second-order valence-electron chi connectivity index (χ2n) is 9.90. The van der Waals surface area contributed by atoms with Gasteiger partial charge in [0.25, 0.3) is 5.91 Å². The highest BCUT2D eigenvalue weighted by Crippen LogP contribution is 2.48. The van der Waals surface area contributed by atoms with Gasteiger partial charge in [0.05, 0.1) is 5.60 Å². The summed E-state index contributed by atoms with van der Waals surface area (Å²) in [6.45, 7) is 16.2. The number of amides is 1. The molecular formula is C31H43NO5S. The van der Waals surface area contributed by atoms with Crippen molar-refractivity contribution in [2.75, 3.05) is 6.61 Å². The van der Waals surface area contributed by atoms with Gasteiger partial charge in [-0.1, -0.05) is 76.4 Å². The van der Waals surface area contributed by atoms with Crippen molar-refractivity contribution in [3.05, 3.63) is 75.6 Å². The number of carbonyl (C=O) groups excluding carboxylic acids is 1. The first-order valence-corrected chi connectivity index (χ1v) is 14.2. The molecule has 0 spiro atoms. The van der Waals surface area contributed by atoms with Gasteiger partial charge in [-0.15, -0.1) is 0 Å².